The molecule has 0 heterocycles. The molecule has 93 heavy (non-hydrogen) atoms. The van der Waals surface area contributed by atoms with Gasteiger partial charge < -0.3 is 20.1 Å². The molecule has 0 aromatic carbocycles. The first-order chi connectivity index (χ1) is 45.8. The maximum Gasteiger partial charge on any atom is 0.472 e. The van der Waals surface area contributed by atoms with Crippen molar-refractivity contribution >= 4 is 19.8 Å². The Labute approximate surface area is 574 Å². The zero-order valence-corrected chi connectivity index (χ0v) is 61.4. The smallest absolute Gasteiger partial charge is 0.462 e. The normalized spacial score (nSPS) is 13.5. The molecule has 9 nitrogen and oxygen atoms in total. The average Bonchev–Trinajstić information content (AvgIpc) is 3.60. The summed E-state index contributed by atoms with van der Waals surface area (Å²) in [5.74, 6) is -0.817. The molecule has 10 heteroatoms. The number of hydrogen-bond donors (Lipinski definition) is 2. The first-order valence-electron chi connectivity index (χ1n) is 39.0. The molecule has 0 bridgehead atoms. The molecule has 536 valence electrons. The summed E-state index contributed by atoms with van der Waals surface area (Å²) in [6.45, 7) is 3.66. The Bertz CT molecular complexity index is 1950. The minimum Gasteiger partial charge on any atom is -0.462 e. The summed E-state index contributed by atoms with van der Waals surface area (Å²) >= 11 is 0. The molecule has 0 aliphatic heterocycles. The molecule has 2 unspecified atom stereocenters. The molecule has 0 fully saturated rings. The van der Waals surface area contributed by atoms with E-state index in [2.05, 4.69) is 135 Å². The van der Waals surface area contributed by atoms with Crippen LogP contribution in [-0.4, -0.2) is 49.3 Å². The summed E-state index contributed by atoms with van der Waals surface area (Å²) < 4.78 is 33.3. The summed E-state index contributed by atoms with van der Waals surface area (Å²) in [5, 5.41) is 0. The van der Waals surface area contributed by atoms with Crippen molar-refractivity contribution in [2.45, 2.75) is 367 Å². The molecule has 0 radical (unpaired) electrons. The van der Waals surface area contributed by atoms with Crippen molar-refractivity contribution in [3.05, 3.63) is 122 Å². The fourth-order valence-electron chi connectivity index (χ4n) is 11.1. The highest BCUT2D eigenvalue weighted by Gasteiger charge is 2.26. The Morgan fingerprint density at radius 2 is 0.591 bits per heavy atom. The number of carbonyl (C=O) groups excluding carboxylic acids is 2. The largest absolute Gasteiger partial charge is 0.472 e. The highest BCUT2D eigenvalue weighted by atomic mass is 31.2. The molecule has 0 spiro atoms. The van der Waals surface area contributed by atoms with E-state index in [-0.39, 0.29) is 38.6 Å². The number of hydrogen-bond acceptors (Lipinski definition) is 8. The third kappa shape index (κ3) is 77.3. The molecule has 0 rings (SSSR count). The van der Waals surface area contributed by atoms with Gasteiger partial charge in [-0.2, -0.15) is 0 Å². The van der Waals surface area contributed by atoms with E-state index in [4.69, 9.17) is 24.3 Å². The van der Waals surface area contributed by atoms with Crippen LogP contribution in [-0.2, 0) is 32.7 Å². The lowest BCUT2D eigenvalue weighted by atomic mass is 10.0. The van der Waals surface area contributed by atoms with Gasteiger partial charge in [0.2, 0.25) is 0 Å². The topological polar surface area (TPSA) is 134 Å². The van der Waals surface area contributed by atoms with Crippen molar-refractivity contribution in [1.29, 1.82) is 0 Å². The Hall–Kier alpha value is -3.59. The van der Waals surface area contributed by atoms with Crippen LogP contribution in [0.25, 0.3) is 0 Å². The predicted octanol–water partition coefficient (Wildman–Crippen LogP) is 26.2. The van der Waals surface area contributed by atoms with Crippen LogP contribution >= 0.6 is 7.82 Å². The lowest BCUT2D eigenvalue weighted by Crippen LogP contribution is -2.29. The Kier molecular flexibility index (Phi) is 74.4. The first kappa shape index (κ1) is 89.4. The number of ether oxygens (including phenoxy) is 2. The van der Waals surface area contributed by atoms with Gasteiger partial charge in [0.05, 0.1) is 13.2 Å². The fraction of sp³-hybridized carbons (Fsp3) is 0.735. The molecule has 0 saturated heterocycles. The van der Waals surface area contributed by atoms with E-state index < -0.39 is 26.5 Å². The standard InChI is InChI=1S/C83H146NO8P/c1-3-5-7-9-11-13-15-17-19-21-23-25-27-29-31-33-35-37-38-39-40-41-42-44-46-48-50-52-54-56-58-60-62-64-66-68-70-72-74-76-83(86)92-81(80-91-93(87,88)90-78-77-84)79-89-82(85)75-73-71-69-67-65-63-61-59-57-55-53-51-49-47-45-43-36-34-32-30-28-26-24-22-20-18-16-14-12-10-8-6-4-2/h5,7,11,13,16-19,22-25,29,31,35,37,39-40,42,44,81H,3-4,6,8-10,12,14-15,20-21,26-28,30,32-34,36,38,41,43,45-80,84H2,1-2H3,(H,87,88)/b7-5-,13-11-,18-16-,19-17-,24-22-,25-23-,31-29-,37-35-,40-39-,44-42-. The number of allylic oxidation sites excluding steroid dienone is 20. The van der Waals surface area contributed by atoms with Crippen molar-refractivity contribution in [3.63, 3.8) is 0 Å². The molecule has 0 amide bonds. The van der Waals surface area contributed by atoms with Gasteiger partial charge in [-0.25, -0.2) is 4.57 Å². The third-order valence-corrected chi connectivity index (χ3v) is 17.8. The molecular weight excluding hydrogens is 1170 g/mol. The second-order valence-corrected chi connectivity index (χ2v) is 27.3. The number of esters is 2. The molecule has 0 aromatic heterocycles. The van der Waals surface area contributed by atoms with E-state index in [9.17, 15) is 19.0 Å². The number of unbranched alkanes of at least 4 members (excludes halogenated alkanes) is 40. The number of phosphoric acid groups is 1. The van der Waals surface area contributed by atoms with Crippen molar-refractivity contribution < 1.29 is 37.6 Å². The molecule has 3 N–H and O–H groups in total. The van der Waals surface area contributed by atoms with E-state index in [1.165, 1.54) is 231 Å². The Morgan fingerprint density at radius 1 is 0.333 bits per heavy atom. The zero-order chi connectivity index (χ0) is 67.2. The monoisotopic (exact) mass is 1320 g/mol. The number of carbonyl (C=O) groups is 2. The number of rotatable bonds is 73. The van der Waals surface area contributed by atoms with E-state index in [0.29, 0.717) is 6.42 Å². The zero-order valence-electron chi connectivity index (χ0n) is 60.5. The van der Waals surface area contributed by atoms with Crippen LogP contribution in [0.1, 0.15) is 361 Å². The summed E-state index contributed by atoms with van der Waals surface area (Å²) in [5.41, 5.74) is 5.41. The number of phosphoric ester groups is 1. The van der Waals surface area contributed by atoms with Crippen LogP contribution < -0.4 is 5.73 Å². The van der Waals surface area contributed by atoms with Gasteiger partial charge in [0.25, 0.3) is 0 Å². The fourth-order valence-corrected chi connectivity index (χ4v) is 11.9. The van der Waals surface area contributed by atoms with Gasteiger partial charge in [0, 0.05) is 19.4 Å². The average molecular weight is 1320 g/mol. The van der Waals surface area contributed by atoms with Crippen molar-refractivity contribution in [1.82, 2.24) is 0 Å². The summed E-state index contributed by atoms with van der Waals surface area (Å²) in [7, 11) is -4.40. The van der Waals surface area contributed by atoms with Crippen molar-refractivity contribution in [2.75, 3.05) is 26.4 Å². The molecular formula is C83H146NO8P. The van der Waals surface area contributed by atoms with Gasteiger partial charge in [-0.05, 0) is 109 Å². The Balaban J connectivity index is 3.84. The quantitative estimate of drug-likeness (QED) is 0.0264. The van der Waals surface area contributed by atoms with Gasteiger partial charge in [-0.15, -0.1) is 0 Å². The van der Waals surface area contributed by atoms with Crippen LogP contribution in [0, 0.1) is 0 Å². The van der Waals surface area contributed by atoms with Crippen LogP contribution in [0.15, 0.2) is 122 Å². The summed E-state index contributed by atoms with van der Waals surface area (Å²) in [4.78, 5) is 35.5. The predicted molar refractivity (Wildman–Crippen MR) is 404 cm³/mol. The molecule has 0 aliphatic rings. The van der Waals surface area contributed by atoms with Gasteiger partial charge in [0.15, 0.2) is 6.10 Å². The van der Waals surface area contributed by atoms with Gasteiger partial charge in [-0.1, -0.05) is 360 Å². The van der Waals surface area contributed by atoms with Crippen LogP contribution in [0.4, 0.5) is 0 Å². The van der Waals surface area contributed by atoms with Gasteiger partial charge in [0.1, 0.15) is 6.61 Å². The van der Waals surface area contributed by atoms with Crippen molar-refractivity contribution in [3.8, 4) is 0 Å². The maximum atomic E-state index is 12.8. The van der Waals surface area contributed by atoms with Crippen molar-refractivity contribution in [2.24, 2.45) is 5.73 Å². The third-order valence-electron chi connectivity index (χ3n) is 16.8. The van der Waals surface area contributed by atoms with Gasteiger partial charge in [-0.3, -0.25) is 18.6 Å². The Morgan fingerprint density at radius 3 is 0.882 bits per heavy atom. The van der Waals surface area contributed by atoms with Crippen LogP contribution in [0.3, 0.4) is 0 Å². The van der Waals surface area contributed by atoms with Crippen LogP contribution in [0.2, 0.25) is 0 Å². The van der Waals surface area contributed by atoms with Crippen LogP contribution in [0.5, 0.6) is 0 Å². The SMILES string of the molecule is CC/C=C\C/C=C\C/C=C\C/C=C\C/C=C\C/C=C\C/C=C\C/C=C\CCCCCCCCCCCCCCCCC(=O)OC(COC(=O)CCCCCCCCCCCCCCCCCCCCCCC/C=C\C/C=C\CCCCCCC)COP(=O)(O)OCCN. The second-order valence-electron chi connectivity index (χ2n) is 25.8. The lowest BCUT2D eigenvalue weighted by Gasteiger charge is -2.19. The highest BCUT2D eigenvalue weighted by molar-refractivity contribution is 7.47. The molecule has 0 saturated carbocycles. The van der Waals surface area contributed by atoms with E-state index in [1.807, 2.05) is 0 Å². The minimum atomic E-state index is -4.40. The number of nitrogens with two attached hydrogens (primary N) is 1. The van der Waals surface area contributed by atoms with E-state index >= 15 is 0 Å². The summed E-state index contributed by atoms with van der Waals surface area (Å²) in [6.07, 6.45) is 109. The highest BCUT2D eigenvalue weighted by Crippen LogP contribution is 2.43. The maximum absolute atomic E-state index is 12.8. The molecule has 0 aromatic rings. The summed E-state index contributed by atoms with van der Waals surface area (Å²) in [6, 6.07) is 0. The first-order valence-corrected chi connectivity index (χ1v) is 40.5. The van der Waals surface area contributed by atoms with E-state index in [0.717, 1.165) is 96.3 Å². The lowest BCUT2D eigenvalue weighted by molar-refractivity contribution is -0.161. The molecule has 0 aliphatic carbocycles. The second kappa shape index (κ2) is 77.4. The minimum absolute atomic E-state index is 0.0509. The van der Waals surface area contributed by atoms with E-state index in [1.54, 1.807) is 0 Å². The molecule has 2 atom stereocenters. The van der Waals surface area contributed by atoms with Gasteiger partial charge >= 0.3 is 19.8 Å².